The maximum Gasteiger partial charge on any atom is 0.0314 e. The molecule has 0 bridgehead atoms. The zero-order valence-corrected chi connectivity index (χ0v) is 14.8. The summed E-state index contributed by atoms with van der Waals surface area (Å²) in [5, 5.41) is 5.73. The van der Waals surface area contributed by atoms with Gasteiger partial charge in [-0.05, 0) is 58.4 Å². The molecular formula is C15H17Br2NS. The SMILES string of the molecule is CCNC(Cc1ccccc1Br)Cc1sccc1Br. The van der Waals surface area contributed by atoms with Crippen LogP contribution in [0.4, 0.5) is 0 Å². The molecule has 102 valence electrons. The molecule has 0 aliphatic rings. The van der Waals surface area contributed by atoms with Crippen LogP contribution in [0.5, 0.6) is 0 Å². The highest BCUT2D eigenvalue weighted by molar-refractivity contribution is 9.10. The fourth-order valence-electron chi connectivity index (χ4n) is 2.13. The lowest BCUT2D eigenvalue weighted by molar-refractivity contribution is 0.523. The molecule has 2 rings (SSSR count). The Kier molecular flexibility index (Phi) is 6.07. The Labute approximate surface area is 135 Å². The first kappa shape index (κ1) is 15.2. The van der Waals surface area contributed by atoms with Crippen LogP contribution in [0, 0.1) is 0 Å². The predicted molar refractivity (Wildman–Crippen MR) is 91.0 cm³/mol. The summed E-state index contributed by atoms with van der Waals surface area (Å²) in [6.07, 6.45) is 2.10. The van der Waals surface area contributed by atoms with Crippen LogP contribution in [0.1, 0.15) is 17.4 Å². The van der Waals surface area contributed by atoms with Gasteiger partial charge >= 0.3 is 0 Å². The molecule has 0 saturated carbocycles. The highest BCUT2D eigenvalue weighted by Gasteiger charge is 2.13. The summed E-state index contributed by atoms with van der Waals surface area (Å²) >= 11 is 9.07. The first-order chi connectivity index (χ1) is 9.20. The minimum Gasteiger partial charge on any atom is -0.314 e. The quantitative estimate of drug-likeness (QED) is 0.713. The summed E-state index contributed by atoms with van der Waals surface area (Å²) < 4.78 is 2.43. The third-order valence-electron chi connectivity index (χ3n) is 3.04. The maximum absolute atomic E-state index is 3.63. The molecule has 4 heteroatoms. The summed E-state index contributed by atoms with van der Waals surface area (Å²) in [5.41, 5.74) is 1.36. The molecule has 0 amide bonds. The van der Waals surface area contributed by atoms with Crippen LogP contribution in [-0.4, -0.2) is 12.6 Å². The molecular weight excluding hydrogens is 386 g/mol. The van der Waals surface area contributed by atoms with E-state index in [1.54, 1.807) is 0 Å². The van der Waals surface area contributed by atoms with Crippen molar-refractivity contribution in [3.63, 3.8) is 0 Å². The molecule has 19 heavy (non-hydrogen) atoms. The summed E-state index contributed by atoms with van der Waals surface area (Å²) in [5.74, 6) is 0. The Morgan fingerprint density at radius 1 is 1.11 bits per heavy atom. The number of rotatable bonds is 6. The minimum atomic E-state index is 0.471. The van der Waals surface area contributed by atoms with Gasteiger partial charge in [-0.1, -0.05) is 41.1 Å². The van der Waals surface area contributed by atoms with Crippen molar-refractivity contribution < 1.29 is 0 Å². The third kappa shape index (κ3) is 4.42. The van der Waals surface area contributed by atoms with Crippen LogP contribution in [0.15, 0.2) is 44.7 Å². The van der Waals surface area contributed by atoms with Crippen molar-refractivity contribution in [1.29, 1.82) is 0 Å². The summed E-state index contributed by atoms with van der Waals surface area (Å²) in [6.45, 7) is 3.16. The summed E-state index contributed by atoms with van der Waals surface area (Å²) in [6, 6.07) is 11.1. The lowest BCUT2D eigenvalue weighted by Gasteiger charge is -2.18. The van der Waals surface area contributed by atoms with E-state index in [9.17, 15) is 0 Å². The number of likely N-dealkylation sites (N-methyl/N-ethyl adjacent to an activating group) is 1. The van der Waals surface area contributed by atoms with E-state index in [1.807, 2.05) is 11.3 Å². The smallest absolute Gasteiger partial charge is 0.0314 e. The molecule has 1 atom stereocenters. The van der Waals surface area contributed by atoms with Crippen molar-refractivity contribution in [2.45, 2.75) is 25.8 Å². The van der Waals surface area contributed by atoms with E-state index in [1.165, 1.54) is 19.4 Å². The monoisotopic (exact) mass is 401 g/mol. The fourth-order valence-corrected chi connectivity index (χ4v) is 4.17. The van der Waals surface area contributed by atoms with E-state index in [4.69, 9.17) is 0 Å². The standard InChI is InChI=1S/C15H17Br2NS/c1-2-18-12(10-15-14(17)7-8-19-15)9-11-5-3-4-6-13(11)16/h3-8,12,18H,2,9-10H2,1H3. The predicted octanol–water partition coefficient (Wildman–Crippen LogP) is 5.04. The molecule has 1 unspecified atom stereocenters. The second-order valence-corrected chi connectivity index (χ2v) is 7.16. The van der Waals surface area contributed by atoms with Crippen LogP contribution in [-0.2, 0) is 12.8 Å². The lowest BCUT2D eigenvalue weighted by atomic mass is 10.0. The average Bonchev–Trinajstić information content (AvgIpc) is 2.78. The van der Waals surface area contributed by atoms with E-state index in [0.29, 0.717) is 6.04 Å². The van der Waals surface area contributed by atoms with E-state index in [0.717, 1.165) is 19.4 Å². The highest BCUT2D eigenvalue weighted by Crippen LogP contribution is 2.25. The number of hydrogen-bond acceptors (Lipinski definition) is 2. The molecule has 2 aromatic rings. The molecule has 0 aliphatic heterocycles. The molecule has 0 spiro atoms. The molecule has 1 N–H and O–H groups in total. The van der Waals surface area contributed by atoms with Crippen molar-refractivity contribution in [1.82, 2.24) is 5.32 Å². The van der Waals surface area contributed by atoms with Gasteiger partial charge in [0.25, 0.3) is 0 Å². The van der Waals surface area contributed by atoms with Gasteiger partial charge in [-0.3, -0.25) is 0 Å². The van der Waals surface area contributed by atoms with E-state index in [2.05, 4.69) is 79.8 Å². The lowest BCUT2D eigenvalue weighted by Crippen LogP contribution is -2.33. The van der Waals surface area contributed by atoms with E-state index < -0.39 is 0 Å². The number of halogens is 2. The van der Waals surface area contributed by atoms with Crippen molar-refractivity contribution in [3.05, 3.63) is 55.1 Å². The normalized spacial score (nSPS) is 12.6. The van der Waals surface area contributed by atoms with Crippen molar-refractivity contribution in [2.75, 3.05) is 6.54 Å². The van der Waals surface area contributed by atoms with Crippen LogP contribution in [0.2, 0.25) is 0 Å². The van der Waals surface area contributed by atoms with Gasteiger partial charge in [0.2, 0.25) is 0 Å². The van der Waals surface area contributed by atoms with Crippen molar-refractivity contribution in [3.8, 4) is 0 Å². The maximum atomic E-state index is 3.63. The molecule has 0 radical (unpaired) electrons. The largest absolute Gasteiger partial charge is 0.314 e. The van der Waals surface area contributed by atoms with E-state index in [-0.39, 0.29) is 0 Å². The van der Waals surface area contributed by atoms with Gasteiger partial charge in [-0.2, -0.15) is 0 Å². The Morgan fingerprint density at radius 2 is 1.89 bits per heavy atom. The molecule has 1 nitrogen and oxygen atoms in total. The number of benzene rings is 1. The number of hydrogen-bond donors (Lipinski definition) is 1. The topological polar surface area (TPSA) is 12.0 Å². The Hall–Kier alpha value is -0.160. The second kappa shape index (κ2) is 7.58. The second-order valence-electron chi connectivity index (χ2n) is 4.45. The van der Waals surface area contributed by atoms with Crippen LogP contribution >= 0.6 is 43.2 Å². The van der Waals surface area contributed by atoms with Gasteiger partial charge in [-0.25, -0.2) is 0 Å². The molecule has 1 aromatic carbocycles. The zero-order valence-electron chi connectivity index (χ0n) is 10.8. The molecule has 0 aliphatic carbocycles. The van der Waals surface area contributed by atoms with Crippen molar-refractivity contribution in [2.24, 2.45) is 0 Å². The van der Waals surface area contributed by atoms with Crippen LogP contribution in [0.3, 0.4) is 0 Å². The van der Waals surface area contributed by atoms with Gasteiger partial charge in [-0.15, -0.1) is 11.3 Å². The fraction of sp³-hybridized carbons (Fsp3) is 0.333. The first-order valence-corrected chi connectivity index (χ1v) is 8.86. The average molecular weight is 403 g/mol. The van der Waals surface area contributed by atoms with Gasteiger partial charge in [0, 0.05) is 19.9 Å². The molecule has 0 saturated heterocycles. The molecule has 1 heterocycles. The Balaban J connectivity index is 2.08. The zero-order chi connectivity index (χ0) is 13.7. The summed E-state index contributed by atoms with van der Waals surface area (Å²) in [7, 11) is 0. The number of nitrogens with one attached hydrogen (secondary N) is 1. The van der Waals surface area contributed by atoms with Gasteiger partial charge in [0.15, 0.2) is 0 Å². The van der Waals surface area contributed by atoms with Crippen molar-refractivity contribution >= 4 is 43.2 Å². The van der Waals surface area contributed by atoms with Gasteiger partial charge < -0.3 is 5.32 Å². The summed E-state index contributed by atoms with van der Waals surface area (Å²) in [4.78, 5) is 1.41. The molecule has 0 fully saturated rings. The van der Waals surface area contributed by atoms with Crippen LogP contribution in [0.25, 0.3) is 0 Å². The van der Waals surface area contributed by atoms with E-state index >= 15 is 0 Å². The minimum absolute atomic E-state index is 0.471. The number of thiophene rings is 1. The Bertz CT molecular complexity index is 524. The van der Waals surface area contributed by atoms with Gasteiger partial charge in [0.1, 0.15) is 0 Å². The third-order valence-corrected chi connectivity index (χ3v) is 5.76. The Morgan fingerprint density at radius 3 is 2.53 bits per heavy atom. The highest BCUT2D eigenvalue weighted by atomic mass is 79.9. The molecule has 1 aromatic heterocycles. The van der Waals surface area contributed by atoms with Gasteiger partial charge in [0.05, 0.1) is 0 Å². The first-order valence-electron chi connectivity index (χ1n) is 6.39. The van der Waals surface area contributed by atoms with Crippen LogP contribution < -0.4 is 5.32 Å².